The van der Waals surface area contributed by atoms with Gasteiger partial charge >= 0.3 is 0 Å². The molecule has 0 radical (unpaired) electrons. The molecule has 1 amide bonds. The van der Waals surface area contributed by atoms with Gasteiger partial charge in [-0.3, -0.25) is 9.59 Å². The van der Waals surface area contributed by atoms with Gasteiger partial charge in [0.2, 0.25) is 5.91 Å². The van der Waals surface area contributed by atoms with Crippen molar-refractivity contribution in [1.82, 2.24) is 4.90 Å². The highest BCUT2D eigenvalue weighted by Crippen LogP contribution is 2.17. The molecule has 0 fully saturated rings. The van der Waals surface area contributed by atoms with Gasteiger partial charge in [0.15, 0.2) is 0 Å². The summed E-state index contributed by atoms with van der Waals surface area (Å²) in [6.07, 6.45) is 0.896. The Balaban J connectivity index is 4.33. The zero-order chi connectivity index (χ0) is 10.6. The second-order valence-corrected chi connectivity index (χ2v) is 4.00. The fourth-order valence-corrected chi connectivity index (χ4v) is 0.906. The van der Waals surface area contributed by atoms with Gasteiger partial charge in [-0.1, -0.05) is 6.92 Å². The molecule has 3 nitrogen and oxygen atoms in total. The first-order valence-corrected chi connectivity index (χ1v) is 4.57. The Morgan fingerprint density at radius 3 is 2.08 bits per heavy atom. The first kappa shape index (κ1) is 12.1. The van der Waals surface area contributed by atoms with E-state index in [1.165, 1.54) is 6.92 Å². The van der Waals surface area contributed by atoms with E-state index in [0.717, 1.165) is 6.42 Å². The highest BCUT2D eigenvalue weighted by Gasteiger charge is 2.25. The van der Waals surface area contributed by atoms with Crippen molar-refractivity contribution in [2.24, 2.45) is 0 Å². The minimum Gasteiger partial charge on any atom is -0.340 e. The van der Waals surface area contributed by atoms with E-state index in [0.29, 0.717) is 0 Å². The molecule has 0 bridgehead atoms. The third-order valence-electron chi connectivity index (χ3n) is 2.55. The first-order chi connectivity index (χ1) is 5.81. The van der Waals surface area contributed by atoms with Crippen molar-refractivity contribution in [3.8, 4) is 0 Å². The predicted octanol–water partition coefficient (Wildman–Crippen LogP) is 1.61. The van der Waals surface area contributed by atoms with Crippen LogP contribution in [0.2, 0.25) is 0 Å². The molecule has 0 spiro atoms. The number of amides is 1. The smallest absolute Gasteiger partial charge is 0.230 e. The van der Waals surface area contributed by atoms with E-state index in [1.54, 1.807) is 11.9 Å². The maximum atomic E-state index is 11.5. The van der Waals surface area contributed by atoms with Gasteiger partial charge in [-0.05, 0) is 27.2 Å². The van der Waals surface area contributed by atoms with Crippen molar-refractivity contribution in [1.29, 1.82) is 0 Å². The maximum absolute atomic E-state index is 11.5. The Hall–Kier alpha value is -0.860. The van der Waals surface area contributed by atoms with Gasteiger partial charge < -0.3 is 4.90 Å². The van der Waals surface area contributed by atoms with Crippen LogP contribution in [0.25, 0.3) is 0 Å². The van der Waals surface area contributed by atoms with Gasteiger partial charge in [0.25, 0.3) is 0 Å². The Kier molecular flexibility index (Phi) is 4.11. The van der Waals surface area contributed by atoms with Crippen LogP contribution in [0.4, 0.5) is 0 Å². The first-order valence-electron chi connectivity index (χ1n) is 4.57. The molecule has 0 saturated carbocycles. The zero-order valence-electron chi connectivity index (χ0n) is 9.18. The third-order valence-corrected chi connectivity index (χ3v) is 2.55. The number of hydrogen-bond acceptors (Lipinski definition) is 2. The minimum atomic E-state index is -0.160. The van der Waals surface area contributed by atoms with Crippen LogP contribution in [0.1, 0.15) is 40.5 Å². The van der Waals surface area contributed by atoms with Crippen molar-refractivity contribution < 1.29 is 9.59 Å². The Bertz CT molecular complexity index is 209. The topological polar surface area (TPSA) is 37.4 Å². The fraction of sp³-hybridized carbons (Fsp3) is 0.800. The van der Waals surface area contributed by atoms with Crippen LogP contribution < -0.4 is 0 Å². The molecule has 0 atom stereocenters. The van der Waals surface area contributed by atoms with Crippen molar-refractivity contribution in [3.05, 3.63) is 0 Å². The van der Waals surface area contributed by atoms with E-state index in [9.17, 15) is 9.59 Å². The molecule has 0 heterocycles. The summed E-state index contributed by atoms with van der Waals surface area (Å²) in [5, 5.41) is 0. The number of Topliss-reactive ketones (excluding diaryl/α,β-unsaturated/α-hetero) is 1. The fourth-order valence-electron chi connectivity index (χ4n) is 0.906. The lowest BCUT2D eigenvalue weighted by atomic mass is 9.99. The molecule has 0 aromatic carbocycles. The van der Waals surface area contributed by atoms with Crippen molar-refractivity contribution in [2.75, 3.05) is 7.05 Å². The van der Waals surface area contributed by atoms with Gasteiger partial charge in [0.05, 0.1) is 6.42 Å². The second-order valence-electron chi connectivity index (χ2n) is 4.00. The van der Waals surface area contributed by atoms with Gasteiger partial charge in [-0.15, -0.1) is 0 Å². The number of carbonyl (C=O) groups excluding carboxylic acids is 2. The highest BCUT2D eigenvalue weighted by molar-refractivity contribution is 5.96. The molecule has 76 valence electrons. The summed E-state index contributed by atoms with van der Waals surface area (Å²) in [5.41, 5.74) is -0.160. The SMILES string of the molecule is CCC(C)(C)N(C)C(=O)CC(C)=O. The molecule has 0 saturated heterocycles. The largest absolute Gasteiger partial charge is 0.340 e. The average molecular weight is 185 g/mol. The predicted molar refractivity (Wildman–Crippen MR) is 52.4 cm³/mol. The van der Waals surface area contributed by atoms with E-state index >= 15 is 0 Å². The Morgan fingerprint density at radius 2 is 1.77 bits per heavy atom. The van der Waals surface area contributed by atoms with E-state index in [1.807, 2.05) is 20.8 Å². The summed E-state index contributed by atoms with van der Waals surface area (Å²) < 4.78 is 0. The lowest BCUT2D eigenvalue weighted by Crippen LogP contribution is -2.44. The van der Waals surface area contributed by atoms with E-state index in [4.69, 9.17) is 0 Å². The molecule has 0 unspecified atom stereocenters. The summed E-state index contributed by atoms with van der Waals surface area (Å²) in [6, 6.07) is 0. The quantitative estimate of drug-likeness (QED) is 0.624. The molecule has 0 aromatic heterocycles. The second kappa shape index (κ2) is 4.40. The summed E-state index contributed by atoms with van der Waals surface area (Å²) >= 11 is 0. The van der Waals surface area contributed by atoms with Crippen LogP contribution in [-0.2, 0) is 9.59 Å². The maximum Gasteiger partial charge on any atom is 0.230 e. The highest BCUT2D eigenvalue weighted by atomic mass is 16.2. The summed E-state index contributed by atoms with van der Waals surface area (Å²) in [4.78, 5) is 23.8. The van der Waals surface area contributed by atoms with Crippen LogP contribution in [0.5, 0.6) is 0 Å². The van der Waals surface area contributed by atoms with E-state index in [2.05, 4.69) is 0 Å². The van der Waals surface area contributed by atoms with Gasteiger partial charge in [0.1, 0.15) is 5.78 Å². The molecule has 0 aromatic rings. The van der Waals surface area contributed by atoms with Crippen LogP contribution in [0.3, 0.4) is 0 Å². The molecule has 0 N–H and O–H groups in total. The average Bonchev–Trinajstić information content (AvgIpc) is 2.01. The Labute approximate surface area is 80.1 Å². The normalized spacial score (nSPS) is 11.2. The van der Waals surface area contributed by atoms with Crippen molar-refractivity contribution >= 4 is 11.7 Å². The van der Waals surface area contributed by atoms with Gasteiger partial charge in [0, 0.05) is 12.6 Å². The third kappa shape index (κ3) is 3.57. The molecular formula is C10H19NO2. The molecule has 13 heavy (non-hydrogen) atoms. The van der Waals surface area contributed by atoms with Crippen LogP contribution in [0.15, 0.2) is 0 Å². The number of nitrogens with zero attached hydrogens (tertiary/aromatic N) is 1. The van der Waals surface area contributed by atoms with Gasteiger partial charge in [-0.25, -0.2) is 0 Å². The minimum absolute atomic E-state index is 0.0138. The number of carbonyl (C=O) groups is 2. The van der Waals surface area contributed by atoms with Crippen LogP contribution in [-0.4, -0.2) is 29.2 Å². The van der Waals surface area contributed by atoms with E-state index < -0.39 is 0 Å². The van der Waals surface area contributed by atoms with Crippen LogP contribution in [0, 0.1) is 0 Å². The van der Waals surface area contributed by atoms with Crippen molar-refractivity contribution in [3.63, 3.8) is 0 Å². The molecular weight excluding hydrogens is 166 g/mol. The molecule has 0 aliphatic rings. The lowest BCUT2D eigenvalue weighted by molar-refractivity contribution is -0.137. The number of ketones is 1. The molecule has 0 rings (SSSR count). The zero-order valence-corrected chi connectivity index (χ0v) is 9.18. The summed E-state index contributed by atoms with van der Waals surface area (Å²) in [7, 11) is 1.74. The molecule has 0 aliphatic carbocycles. The number of rotatable bonds is 4. The van der Waals surface area contributed by atoms with Gasteiger partial charge in [-0.2, -0.15) is 0 Å². The lowest BCUT2D eigenvalue weighted by Gasteiger charge is -2.34. The number of hydrogen-bond donors (Lipinski definition) is 0. The van der Waals surface area contributed by atoms with Crippen LogP contribution >= 0.6 is 0 Å². The Morgan fingerprint density at radius 1 is 1.31 bits per heavy atom. The van der Waals surface area contributed by atoms with E-state index in [-0.39, 0.29) is 23.7 Å². The van der Waals surface area contributed by atoms with Crippen molar-refractivity contribution in [2.45, 2.75) is 46.1 Å². The summed E-state index contributed by atoms with van der Waals surface area (Å²) in [6.45, 7) is 7.44. The molecule has 3 heteroatoms. The molecule has 0 aliphatic heterocycles. The standard InChI is InChI=1S/C10H19NO2/c1-6-10(3,4)11(5)9(13)7-8(2)12/h6-7H2,1-5H3. The monoisotopic (exact) mass is 185 g/mol. The summed E-state index contributed by atoms with van der Waals surface area (Å²) in [5.74, 6) is -0.178.